The molecule has 26 heavy (non-hydrogen) atoms. The van der Waals surface area contributed by atoms with Crippen LogP contribution in [0.3, 0.4) is 0 Å². The lowest BCUT2D eigenvalue weighted by molar-refractivity contribution is 0.207. The molecule has 4 rings (SSSR count). The van der Waals surface area contributed by atoms with Crippen LogP contribution in [-0.2, 0) is 11.2 Å². The van der Waals surface area contributed by atoms with E-state index in [-0.39, 0.29) is 0 Å². The van der Waals surface area contributed by atoms with Crippen LogP contribution in [0.4, 0.5) is 0 Å². The second-order valence-electron chi connectivity index (χ2n) is 6.16. The second-order valence-corrected chi connectivity index (χ2v) is 7.00. The predicted octanol–water partition coefficient (Wildman–Crippen LogP) is 3.96. The van der Waals surface area contributed by atoms with Crippen LogP contribution in [0.5, 0.6) is 0 Å². The lowest BCUT2D eigenvalue weighted by atomic mass is 10.1. The number of rotatable bonds is 5. The largest absolute Gasteiger partial charge is 0.383 e. The Bertz CT molecular complexity index is 986. The highest BCUT2D eigenvalue weighted by molar-refractivity contribution is 7.07. The fourth-order valence-corrected chi connectivity index (χ4v) is 4.03. The zero-order valence-electron chi connectivity index (χ0n) is 14.8. The Balaban J connectivity index is 1.82. The normalized spacial score (nSPS) is 15.6. The van der Waals surface area contributed by atoms with E-state index in [4.69, 9.17) is 9.84 Å². The molecule has 0 amide bonds. The summed E-state index contributed by atoms with van der Waals surface area (Å²) < 4.78 is 7.13. The predicted molar refractivity (Wildman–Crippen MR) is 107 cm³/mol. The molecule has 5 heteroatoms. The average molecular weight is 363 g/mol. The Kier molecular flexibility index (Phi) is 5.09. The van der Waals surface area contributed by atoms with Crippen molar-refractivity contribution < 1.29 is 4.74 Å². The summed E-state index contributed by atoms with van der Waals surface area (Å²) >= 11 is 1.62. The minimum Gasteiger partial charge on any atom is -0.383 e. The third-order valence-electron chi connectivity index (χ3n) is 4.48. The third-order valence-corrected chi connectivity index (χ3v) is 5.33. The summed E-state index contributed by atoms with van der Waals surface area (Å²) in [6.07, 6.45) is 2.02. The lowest BCUT2D eigenvalue weighted by Gasteiger charge is -2.06. The molecule has 0 saturated carbocycles. The van der Waals surface area contributed by atoms with Crippen LogP contribution in [0.25, 0.3) is 11.3 Å². The molecular formula is C21H21N3OS. The summed E-state index contributed by atoms with van der Waals surface area (Å²) in [4.78, 5) is 5.59. The third kappa shape index (κ3) is 3.41. The van der Waals surface area contributed by atoms with Crippen molar-refractivity contribution in [2.75, 3.05) is 20.3 Å². The van der Waals surface area contributed by atoms with Gasteiger partial charge in [0.2, 0.25) is 4.80 Å². The number of ether oxygens (including phenoxy) is 1. The molecule has 0 aliphatic heterocycles. The highest BCUT2D eigenvalue weighted by Crippen LogP contribution is 2.24. The summed E-state index contributed by atoms with van der Waals surface area (Å²) in [7, 11) is 1.70. The van der Waals surface area contributed by atoms with Crippen molar-refractivity contribution >= 4 is 17.0 Å². The molecule has 4 nitrogen and oxygen atoms in total. The van der Waals surface area contributed by atoms with Gasteiger partial charge in [0.25, 0.3) is 0 Å². The molecule has 0 atom stereocenters. The molecule has 0 unspecified atom stereocenters. The first-order valence-electron chi connectivity index (χ1n) is 8.78. The maximum absolute atomic E-state index is 5.14. The number of methoxy groups -OCH3 is 1. The number of fused-ring (bicyclic) bond motifs is 1. The van der Waals surface area contributed by atoms with Crippen molar-refractivity contribution in [2.45, 2.75) is 12.8 Å². The zero-order valence-corrected chi connectivity index (χ0v) is 15.6. The van der Waals surface area contributed by atoms with E-state index >= 15 is 0 Å². The molecule has 1 aromatic heterocycles. The molecule has 1 aliphatic rings. The van der Waals surface area contributed by atoms with Gasteiger partial charge in [0.05, 0.1) is 24.6 Å². The van der Waals surface area contributed by atoms with Gasteiger partial charge in [-0.15, -0.1) is 11.3 Å². The van der Waals surface area contributed by atoms with Gasteiger partial charge in [-0.05, 0) is 18.4 Å². The van der Waals surface area contributed by atoms with Crippen LogP contribution in [-0.4, -0.2) is 30.6 Å². The molecule has 0 N–H and O–H groups in total. The van der Waals surface area contributed by atoms with Gasteiger partial charge >= 0.3 is 0 Å². The van der Waals surface area contributed by atoms with Gasteiger partial charge in [-0.2, -0.15) is 5.10 Å². The number of aromatic nitrogens is 1. The van der Waals surface area contributed by atoms with Gasteiger partial charge < -0.3 is 4.74 Å². The fourth-order valence-electron chi connectivity index (χ4n) is 3.18. The first-order valence-corrected chi connectivity index (χ1v) is 9.66. The zero-order chi connectivity index (χ0) is 17.8. The molecule has 2 aromatic carbocycles. The quantitative estimate of drug-likeness (QED) is 0.632. The molecule has 0 spiro atoms. The number of hydrogen-bond donors (Lipinski definition) is 0. The van der Waals surface area contributed by atoms with Crippen LogP contribution in [0.1, 0.15) is 17.5 Å². The fraction of sp³-hybridized carbons (Fsp3) is 0.238. The number of nitrogens with zero attached hydrogens (tertiary/aromatic N) is 3. The molecule has 3 aromatic rings. The molecule has 0 bridgehead atoms. The number of benzene rings is 2. The van der Waals surface area contributed by atoms with Crippen molar-refractivity contribution in [1.29, 1.82) is 0 Å². The van der Waals surface area contributed by atoms with Gasteiger partial charge in [-0.25, -0.2) is 4.68 Å². The summed E-state index contributed by atoms with van der Waals surface area (Å²) in [5, 5.41) is 7.15. The standard InChI is InChI=1S/C21H21N3OS/c1-25-14-13-22-21-24(20(15-26-21)17-8-3-2-4-9-17)23-19-12-11-16-7-5-6-10-18(16)19/h2-10,15H,11-14H2,1H3. The van der Waals surface area contributed by atoms with Gasteiger partial charge in [-0.1, -0.05) is 54.6 Å². The van der Waals surface area contributed by atoms with E-state index in [1.165, 1.54) is 11.1 Å². The van der Waals surface area contributed by atoms with Gasteiger partial charge in [-0.3, -0.25) is 4.99 Å². The highest BCUT2D eigenvalue weighted by Gasteiger charge is 2.18. The Morgan fingerprint density at radius 1 is 1.04 bits per heavy atom. The van der Waals surface area contributed by atoms with Crippen molar-refractivity contribution in [3.8, 4) is 11.3 Å². The van der Waals surface area contributed by atoms with Crippen LogP contribution < -0.4 is 4.80 Å². The van der Waals surface area contributed by atoms with Gasteiger partial charge in [0.15, 0.2) is 0 Å². The average Bonchev–Trinajstić information content (AvgIpc) is 3.28. The summed E-state index contributed by atoms with van der Waals surface area (Å²) in [6, 6.07) is 18.9. The lowest BCUT2D eigenvalue weighted by Crippen LogP contribution is -2.15. The van der Waals surface area contributed by atoms with Gasteiger partial charge in [0.1, 0.15) is 0 Å². The summed E-state index contributed by atoms with van der Waals surface area (Å²) in [5.41, 5.74) is 5.98. The Morgan fingerprint density at radius 2 is 1.85 bits per heavy atom. The number of hydrogen-bond acceptors (Lipinski definition) is 4. The smallest absolute Gasteiger partial charge is 0.206 e. The van der Waals surface area contributed by atoms with Crippen molar-refractivity contribution in [3.05, 3.63) is 75.9 Å². The Labute approximate surface area is 157 Å². The van der Waals surface area contributed by atoms with E-state index in [1.807, 2.05) is 10.7 Å². The molecule has 1 heterocycles. The van der Waals surface area contributed by atoms with Crippen molar-refractivity contribution in [1.82, 2.24) is 4.68 Å². The Hall–Kier alpha value is -2.50. The number of thiazole rings is 1. The first-order chi connectivity index (χ1) is 12.9. The second kappa shape index (κ2) is 7.81. The van der Waals surface area contributed by atoms with Gasteiger partial charge in [0, 0.05) is 23.6 Å². The molecule has 132 valence electrons. The Morgan fingerprint density at radius 3 is 2.69 bits per heavy atom. The van der Waals surface area contributed by atoms with Crippen molar-refractivity contribution in [2.24, 2.45) is 10.1 Å². The van der Waals surface area contributed by atoms with E-state index in [2.05, 4.69) is 58.9 Å². The molecule has 1 aliphatic carbocycles. The first kappa shape index (κ1) is 16.9. The van der Waals surface area contributed by atoms with Crippen LogP contribution in [0.15, 0.2) is 70.1 Å². The topological polar surface area (TPSA) is 38.9 Å². The van der Waals surface area contributed by atoms with Crippen LogP contribution >= 0.6 is 11.3 Å². The summed E-state index contributed by atoms with van der Waals surface area (Å²) in [6.45, 7) is 1.24. The van der Waals surface area contributed by atoms with Crippen LogP contribution in [0.2, 0.25) is 0 Å². The van der Waals surface area contributed by atoms with E-state index < -0.39 is 0 Å². The minimum atomic E-state index is 0.609. The molecule has 0 saturated heterocycles. The van der Waals surface area contributed by atoms with Crippen LogP contribution in [0, 0.1) is 0 Å². The monoisotopic (exact) mass is 363 g/mol. The SMILES string of the molecule is COCCN=c1scc(-c2ccccc2)n1N=C1CCc2ccccc21. The van der Waals surface area contributed by atoms with E-state index in [0.717, 1.165) is 34.6 Å². The molecule has 0 radical (unpaired) electrons. The summed E-state index contributed by atoms with van der Waals surface area (Å²) in [5.74, 6) is 0. The molecule has 0 fully saturated rings. The van der Waals surface area contributed by atoms with E-state index in [1.54, 1.807) is 18.4 Å². The molecular weight excluding hydrogens is 342 g/mol. The van der Waals surface area contributed by atoms with E-state index in [9.17, 15) is 0 Å². The minimum absolute atomic E-state index is 0.609. The highest BCUT2D eigenvalue weighted by atomic mass is 32.1. The number of aryl methyl sites for hydroxylation is 1. The maximum Gasteiger partial charge on any atom is 0.206 e. The van der Waals surface area contributed by atoms with Crippen molar-refractivity contribution in [3.63, 3.8) is 0 Å². The maximum atomic E-state index is 5.14. The van der Waals surface area contributed by atoms with E-state index in [0.29, 0.717) is 13.2 Å².